The third-order valence-corrected chi connectivity index (χ3v) is 6.59. The van der Waals surface area contributed by atoms with Gasteiger partial charge in [-0.3, -0.25) is 9.59 Å². The molecule has 0 radical (unpaired) electrons. The fourth-order valence-electron chi connectivity index (χ4n) is 4.43. The zero-order chi connectivity index (χ0) is 28.7. The minimum atomic E-state index is -1.00. The second-order valence-corrected chi connectivity index (χ2v) is 9.89. The van der Waals surface area contributed by atoms with Crippen molar-refractivity contribution in [2.24, 2.45) is 5.92 Å². The molecule has 1 aliphatic rings. The van der Waals surface area contributed by atoms with Crippen molar-refractivity contribution in [3.63, 3.8) is 0 Å². The zero-order valence-corrected chi connectivity index (χ0v) is 22.7. The van der Waals surface area contributed by atoms with Crippen molar-refractivity contribution in [2.45, 2.75) is 76.2 Å². The summed E-state index contributed by atoms with van der Waals surface area (Å²) < 4.78 is 10.6. The van der Waals surface area contributed by atoms with Crippen LogP contribution in [0.1, 0.15) is 57.4 Å². The van der Waals surface area contributed by atoms with Gasteiger partial charge in [0.05, 0.1) is 24.6 Å². The van der Waals surface area contributed by atoms with Crippen molar-refractivity contribution < 1.29 is 33.8 Å². The third kappa shape index (κ3) is 10.9. The SMILES string of the molecule is C=CC[C@H](CC(=O)NC1(CO)CCCC1)C(=O)NC[C@H](C)OC(=O)[C@@H](CC=C)NC(=O)OCc1ccccc1. The Kier molecular flexibility index (Phi) is 13.2. The Labute approximate surface area is 230 Å². The normalized spacial score (nSPS) is 16.2. The number of benzene rings is 1. The molecule has 4 N–H and O–H groups in total. The summed E-state index contributed by atoms with van der Waals surface area (Å²) in [5.41, 5.74) is 0.192. The number of alkyl carbamates (subject to hydrolysis) is 1. The van der Waals surface area contributed by atoms with E-state index in [1.54, 1.807) is 13.0 Å². The highest BCUT2D eigenvalue weighted by atomic mass is 16.6. The van der Waals surface area contributed by atoms with E-state index in [0.717, 1.165) is 18.4 Å². The highest BCUT2D eigenvalue weighted by Crippen LogP contribution is 2.29. The number of amides is 3. The van der Waals surface area contributed by atoms with Crippen LogP contribution in [0.15, 0.2) is 55.6 Å². The molecule has 39 heavy (non-hydrogen) atoms. The van der Waals surface area contributed by atoms with Gasteiger partial charge in [-0.1, -0.05) is 55.3 Å². The Morgan fingerprint density at radius 3 is 2.36 bits per heavy atom. The fraction of sp³-hybridized carbons (Fsp3) is 0.517. The Morgan fingerprint density at radius 1 is 1.08 bits per heavy atom. The van der Waals surface area contributed by atoms with Crippen LogP contribution in [-0.4, -0.2) is 59.8 Å². The summed E-state index contributed by atoms with van der Waals surface area (Å²) in [6.07, 6.45) is 5.24. The maximum absolute atomic E-state index is 12.8. The topological polar surface area (TPSA) is 143 Å². The molecule has 1 aromatic rings. The molecule has 3 amide bonds. The number of allylic oxidation sites excluding steroid dienone is 1. The van der Waals surface area contributed by atoms with Crippen LogP contribution in [-0.2, 0) is 30.5 Å². The summed E-state index contributed by atoms with van der Waals surface area (Å²) in [5, 5.41) is 17.9. The lowest BCUT2D eigenvalue weighted by molar-refractivity contribution is -0.151. The first-order chi connectivity index (χ1) is 18.7. The van der Waals surface area contributed by atoms with Crippen molar-refractivity contribution in [1.29, 1.82) is 0 Å². The molecule has 3 atom stereocenters. The van der Waals surface area contributed by atoms with Crippen LogP contribution in [0.5, 0.6) is 0 Å². The van der Waals surface area contributed by atoms with E-state index in [-0.39, 0.29) is 50.8 Å². The molecule has 0 aromatic heterocycles. The smallest absolute Gasteiger partial charge is 0.408 e. The van der Waals surface area contributed by atoms with Crippen LogP contribution in [0, 0.1) is 5.92 Å². The molecule has 1 aromatic carbocycles. The molecule has 10 heteroatoms. The molecule has 2 rings (SSSR count). The van der Waals surface area contributed by atoms with E-state index in [1.807, 2.05) is 30.3 Å². The van der Waals surface area contributed by atoms with Crippen LogP contribution in [0.25, 0.3) is 0 Å². The highest BCUT2D eigenvalue weighted by molar-refractivity contribution is 5.86. The minimum Gasteiger partial charge on any atom is -0.459 e. The quantitative estimate of drug-likeness (QED) is 0.185. The molecule has 0 heterocycles. The summed E-state index contributed by atoms with van der Waals surface area (Å²) >= 11 is 0. The number of aliphatic hydroxyl groups excluding tert-OH is 1. The summed E-state index contributed by atoms with van der Waals surface area (Å²) in [6, 6.07) is 8.12. The average Bonchev–Trinajstić information content (AvgIpc) is 3.39. The van der Waals surface area contributed by atoms with E-state index in [2.05, 4.69) is 29.1 Å². The highest BCUT2D eigenvalue weighted by Gasteiger charge is 2.35. The van der Waals surface area contributed by atoms with E-state index in [4.69, 9.17) is 9.47 Å². The van der Waals surface area contributed by atoms with Gasteiger partial charge in [-0.25, -0.2) is 9.59 Å². The van der Waals surface area contributed by atoms with Gasteiger partial charge in [0.2, 0.25) is 11.8 Å². The van der Waals surface area contributed by atoms with Crippen molar-refractivity contribution in [3.05, 3.63) is 61.2 Å². The van der Waals surface area contributed by atoms with Gasteiger partial charge < -0.3 is 30.5 Å². The first-order valence-corrected chi connectivity index (χ1v) is 13.3. The summed E-state index contributed by atoms with van der Waals surface area (Å²) in [7, 11) is 0. The zero-order valence-electron chi connectivity index (χ0n) is 22.7. The van der Waals surface area contributed by atoms with Gasteiger partial charge in [-0.15, -0.1) is 13.2 Å². The Bertz CT molecular complexity index is 976. The molecule has 10 nitrogen and oxygen atoms in total. The number of aliphatic hydroxyl groups is 1. The second-order valence-electron chi connectivity index (χ2n) is 9.89. The van der Waals surface area contributed by atoms with Gasteiger partial charge in [0.1, 0.15) is 18.8 Å². The van der Waals surface area contributed by atoms with Crippen molar-refractivity contribution in [2.75, 3.05) is 13.2 Å². The molecule has 0 aliphatic heterocycles. The molecule has 1 aliphatic carbocycles. The lowest BCUT2D eigenvalue weighted by Gasteiger charge is -2.28. The van der Waals surface area contributed by atoms with Gasteiger partial charge >= 0.3 is 12.1 Å². The predicted molar refractivity (Wildman–Crippen MR) is 146 cm³/mol. The van der Waals surface area contributed by atoms with Crippen LogP contribution in [0.3, 0.4) is 0 Å². The number of esters is 1. The Hall–Kier alpha value is -3.66. The standard InChI is InChI=1S/C29H41N3O7/c1-4-11-23(17-25(34)32-29(20-33)15-9-10-16-29)26(35)30-18-21(3)39-27(36)24(12-5-2)31-28(37)38-19-22-13-7-6-8-14-22/h4-8,13-14,21,23-24,33H,1-2,9-12,15-20H2,3H3,(H,30,35)(H,31,37)(H,32,34)/t21-,23+,24+/m0/s1. The van der Waals surface area contributed by atoms with Crippen LogP contribution in [0.2, 0.25) is 0 Å². The number of hydrogen-bond acceptors (Lipinski definition) is 7. The van der Waals surface area contributed by atoms with Gasteiger partial charge in [-0.2, -0.15) is 0 Å². The average molecular weight is 544 g/mol. The Morgan fingerprint density at radius 2 is 1.74 bits per heavy atom. The van der Waals surface area contributed by atoms with E-state index in [1.165, 1.54) is 6.08 Å². The molecule has 0 saturated heterocycles. The monoisotopic (exact) mass is 543 g/mol. The number of nitrogens with one attached hydrogen (secondary N) is 3. The van der Waals surface area contributed by atoms with Crippen LogP contribution >= 0.6 is 0 Å². The van der Waals surface area contributed by atoms with Gasteiger partial charge in [0, 0.05) is 6.42 Å². The number of hydrogen-bond donors (Lipinski definition) is 4. The van der Waals surface area contributed by atoms with Gasteiger partial charge in [0.25, 0.3) is 0 Å². The van der Waals surface area contributed by atoms with E-state index in [0.29, 0.717) is 12.8 Å². The van der Waals surface area contributed by atoms with Crippen LogP contribution in [0.4, 0.5) is 4.79 Å². The molecule has 0 bridgehead atoms. The predicted octanol–water partition coefficient (Wildman–Crippen LogP) is 2.91. The van der Waals surface area contributed by atoms with Gasteiger partial charge in [0.15, 0.2) is 0 Å². The van der Waals surface area contributed by atoms with Crippen LogP contribution < -0.4 is 16.0 Å². The number of ether oxygens (including phenoxy) is 2. The van der Waals surface area contributed by atoms with Gasteiger partial charge in [-0.05, 0) is 38.2 Å². The third-order valence-electron chi connectivity index (χ3n) is 6.59. The Balaban J connectivity index is 1.82. The maximum Gasteiger partial charge on any atom is 0.408 e. The van der Waals surface area contributed by atoms with E-state index in [9.17, 15) is 24.3 Å². The minimum absolute atomic E-state index is 0.0136. The number of rotatable bonds is 16. The fourth-order valence-corrected chi connectivity index (χ4v) is 4.43. The largest absolute Gasteiger partial charge is 0.459 e. The molecule has 0 spiro atoms. The number of carbonyl (C=O) groups is 4. The van der Waals surface area contributed by atoms with Crippen molar-refractivity contribution in [1.82, 2.24) is 16.0 Å². The maximum atomic E-state index is 12.8. The molecule has 1 fully saturated rings. The lowest BCUT2D eigenvalue weighted by Crippen LogP contribution is -2.50. The molecule has 1 saturated carbocycles. The molecule has 0 unspecified atom stereocenters. The first kappa shape index (κ1) is 31.6. The van der Waals surface area contributed by atoms with E-state index < -0.39 is 35.7 Å². The second kappa shape index (κ2) is 16.3. The van der Waals surface area contributed by atoms with E-state index >= 15 is 0 Å². The lowest BCUT2D eigenvalue weighted by atomic mass is 9.95. The summed E-state index contributed by atoms with van der Waals surface area (Å²) in [6.45, 7) is 8.83. The van der Waals surface area contributed by atoms with Crippen molar-refractivity contribution >= 4 is 23.9 Å². The van der Waals surface area contributed by atoms with Crippen molar-refractivity contribution in [3.8, 4) is 0 Å². The molecule has 214 valence electrons. The summed E-state index contributed by atoms with van der Waals surface area (Å²) in [4.78, 5) is 50.3. The number of carbonyl (C=O) groups excluding carboxylic acids is 4. The molecular weight excluding hydrogens is 502 g/mol. The summed E-state index contributed by atoms with van der Waals surface area (Å²) in [5.74, 6) is -2.02. The first-order valence-electron chi connectivity index (χ1n) is 13.3. The molecular formula is C29H41N3O7.